The molecule has 1 aromatic rings. The number of halogens is 2. The molecule has 0 aliphatic heterocycles. The lowest BCUT2D eigenvalue weighted by atomic mass is 10.3. The predicted molar refractivity (Wildman–Crippen MR) is 68.9 cm³/mol. The topological polar surface area (TPSA) is 29.1 Å². The van der Waals surface area contributed by atoms with Gasteiger partial charge in [0, 0.05) is 15.4 Å². The van der Waals surface area contributed by atoms with Gasteiger partial charge in [-0.3, -0.25) is 4.79 Å². The number of amides is 1. The van der Waals surface area contributed by atoms with E-state index in [2.05, 4.69) is 49.8 Å². The Bertz CT molecular complexity index is 323. The average Bonchev–Trinajstić information content (AvgIpc) is 2.12. The summed E-state index contributed by atoms with van der Waals surface area (Å²) in [6.07, 6.45) is 0.414. The molecular weight excluding hydrogens is 330 g/mol. The van der Waals surface area contributed by atoms with Gasteiger partial charge in [0.15, 0.2) is 0 Å². The molecule has 1 rings (SSSR count). The van der Waals surface area contributed by atoms with Gasteiger partial charge < -0.3 is 5.32 Å². The molecule has 0 unspecified atom stereocenters. The van der Waals surface area contributed by atoms with Crippen molar-refractivity contribution in [1.82, 2.24) is 0 Å². The van der Waals surface area contributed by atoms with Crippen LogP contribution in [0.25, 0.3) is 0 Å². The van der Waals surface area contributed by atoms with Gasteiger partial charge in [0.1, 0.15) is 0 Å². The quantitative estimate of drug-likeness (QED) is 0.812. The fourth-order valence-corrected chi connectivity index (χ4v) is 2.32. The highest BCUT2D eigenvalue weighted by Crippen LogP contribution is 2.30. The van der Waals surface area contributed by atoms with Crippen molar-refractivity contribution >= 4 is 56.1 Å². The summed E-state index contributed by atoms with van der Waals surface area (Å²) in [5.41, 5.74) is 0.763. The fraction of sp³-hybridized carbons (Fsp3) is 0.222. The lowest BCUT2D eigenvalue weighted by molar-refractivity contribution is -0.115. The van der Waals surface area contributed by atoms with Crippen molar-refractivity contribution in [2.24, 2.45) is 0 Å². The molecule has 0 heterocycles. The minimum Gasteiger partial charge on any atom is -0.324 e. The molecule has 5 heteroatoms. The lowest BCUT2D eigenvalue weighted by Gasteiger charge is -2.08. The van der Waals surface area contributed by atoms with Crippen LogP contribution >= 0.6 is 44.5 Å². The number of carbonyl (C=O) groups is 1. The molecule has 0 fully saturated rings. The van der Waals surface area contributed by atoms with E-state index in [0.29, 0.717) is 12.2 Å². The third-order valence-corrected chi connectivity index (χ3v) is 3.11. The van der Waals surface area contributed by atoms with E-state index in [9.17, 15) is 4.79 Å². The highest BCUT2D eigenvalue weighted by atomic mass is 79.9. The van der Waals surface area contributed by atoms with Crippen molar-refractivity contribution < 1.29 is 4.79 Å². The Morgan fingerprint density at radius 1 is 1.36 bits per heavy atom. The Kier molecular flexibility index (Phi) is 4.98. The molecule has 0 atom stereocenters. The lowest BCUT2D eigenvalue weighted by Crippen LogP contribution is -2.12. The zero-order valence-corrected chi connectivity index (χ0v) is 11.3. The number of hydrogen-bond donors (Lipinski definition) is 2. The van der Waals surface area contributed by atoms with Crippen LogP contribution in [0.2, 0.25) is 0 Å². The second-order valence-corrected chi connectivity index (χ2v) is 4.77. The second-order valence-electron chi connectivity index (χ2n) is 2.62. The summed E-state index contributed by atoms with van der Waals surface area (Å²) in [5.74, 6) is 0.515. The Balaban J connectivity index is 2.80. The minimum absolute atomic E-state index is 0.0346. The molecular formula is C9H9Br2NOS. The summed E-state index contributed by atoms with van der Waals surface area (Å²) in [4.78, 5) is 11.3. The van der Waals surface area contributed by atoms with Gasteiger partial charge in [0.2, 0.25) is 5.91 Å². The number of anilines is 1. The van der Waals surface area contributed by atoms with Crippen LogP contribution in [-0.4, -0.2) is 11.7 Å². The first kappa shape index (κ1) is 12.1. The number of hydrogen-bond acceptors (Lipinski definition) is 2. The highest BCUT2D eigenvalue weighted by molar-refractivity contribution is 9.11. The van der Waals surface area contributed by atoms with Crippen LogP contribution < -0.4 is 5.32 Å². The summed E-state index contributed by atoms with van der Waals surface area (Å²) in [7, 11) is 0. The van der Waals surface area contributed by atoms with Gasteiger partial charge in [-0.15, -0.1) is 0 Å². The molecule has 0 spiro atoms. The molecule has 0 aliphatic carbocycles. The Morgan fingerprint density at radius 3 is 2.43 bits per heavy atom. The maximum absolute atomic E-state index is 11.3. The summed E-state index contributed by atoms with van der Waals surface area (Å²) >= 11 is 10.7. The van der Waals surface area contributed by atoms with Crippen molar-refractivity contribution in [3.05, 3.63) is 27.1 Å². The van der Waals surface area contributed by atoms with Crippen LogP contribution in [0.3, 0.4) is 0 Å². The molecule has 1 amide bonds. The molecule has 0 aromatic heterocycles. The molecule has 0 saturated heterocycles. The third-order valence-electron chi connectivity index (χ3n) is 1.57. The van der Waals surface area contributed by atoms with Crippen molar-refractivity contribution in [3.63, 3.8) is 0 Å². The van der Waals surface area contributed by atoms with E-state index in [1.165, 1.54) is 0 Å². The molecule has 76 valence electrons. The Hall–Kier alpha value is -0.000000000000000111. The van der Waals surface area contributed by atoms with Crippen molar-refractivity contribution in [1.29, 1.82) is 0 Å². The summed E-state index contributed by atoms with van der Waals surface area (Å²) in [5, 5.41) is 2.80. The Morgan fingerprint density at radius 2 is 1.93 bits per heavy atom. The van der Waals surface area contributed by atoms with Gasteiger partial charge in [0.05, 0.1) is 5.69 Å². The molecule has 14 heavy (non-hydrogen) atoms. The van der Waals surface area contributed by atoms with E-state index >= 15 is 0 Å². The maximum Gasteiger partial charge on any atom is 0.225 e. The standard InChI is InChI=1S/C9H9Br2NOS/c10-6-2-1-3-7(11)9(6)12-8(13)4-5-14/h1-3,14H,4-5H2,(H,12,13). The maximum atomic E-state index is 11.3. The molecule has 1 N–H and O–H groups in total. The molecule has 2 nitrogen and oxygen atoms in total. The van der Waals surface area contributed by atoms with Gasteiger partial charge in [-0.2, -0.15) is 12.6 Å². The second kappa shape index (κ2) is 5.78. The smallest absolute Gasteiger partial charge is 0.225 e. The number of para-hydroxylation sites is 1. The van der Waals surface area contributed by atoms with Crippen molar-refractivity contribution in [2.75, 3.05) is 11.1 Å². The van der Waals surface area contributed by atoms with E-state index in [1.54, 1.807) is 0 Å². The third kappa shape index (κ3) is 3.29. The van der Waals surface area contributed by atoms with Gasteiger partial charge in [-0.1, -0.05) is 6.07 Å². The van der Waals surface area contributed by atoms with E-state index in [-0.39, 0.29) is 5.91 Å². The van der Waals surface area contributed by atoms with Crippen molar-refractivity contribution in [3.8, 4) is 0 Å². The van der Waals surface area contributed by atoms with Crippen molar-refractivity contribution in [2.45, 2.75) is 6.42 Å². The number of nitrogens with one attached hydrogen (secondary N) is 1. The van der Waals surface area contributed by atoms with Crippen LogP contribution in [-0.2, 0) is 4.79 Å². The number of benzene rings is 1. The largest absolute Gasteiger partial charge is 0.324 e. The van der Waals surface area contributed by atoms with Gasteiger partial charge in [-0.05, 0) is 49.7 Å². The van der Waals surface area contributed by atoms with Crippen LogP contribution in [0.4, 0.5) is 5.69 Å². The monoisotopic (exact) mass is 337 g/mol. The van der Waals surface area contributed by atoms with Crippen LogP contribution in [0, 0.1) is 0 Å². The minimum atomic E-state index is -0.0346. The van der Waals surface area contributed by atoms with E-state index < -0.39 is 0 Å². The molecule has 0 bridgehead atoms. The predicted octanol–water partition coefficient (Wildman–Crippen LogP) is 3.47. The van der Waals surface area contributed by atoms with Crippen LogP contribution in [0.15, 0.2) is 27.1 Å². The van der Waals surface area contributed by atoms with E-state index in [4.69, 9.17) is 0 Å². The van der Waals surface area contributed by atoms with Gasteiger partial charge >= 0.3 is 0 Å². The summed E-state index contributed by atoms with van der Waals surface area (Å²) < 4.78 is 1.72. The van der Waals surface area contributed by atoms with Gasteiger partial charge in [-0.25, -0.2) is 0 Å². The normalized spacial score (nSPS) is 9.93. The first-order valence-corrected chi connectivity index (χ1v) is 6.21. The first-order valence-electron chi connectivity index (χ1n) is 4.00. The SMILES string of the molecule is O=C(CCS)Nc1c(Br)cccc1Br. The van der Waals surface area contributed by atoms with Crippen LogP contribution in [0.5, 0.6) is 0 Å². The van der Waals surface area contributed by atoms with Crippen LogP contribution in [0.1, 0.15) is 6.42 Å². The average molecular weight is 339 g/mol. The number of thiol groups is 1. The van der Waals surface area contributed by atoms with E-state index in [0.717, 1.165) is 14.6 Å². The van der Waals surface area contributed by atoms with E-state index in [1.807, 2.05) is 18.2 Å². The fourth-order valence-electron chi connectivity index (χ4n) is 0.921. The molecule has 0 radical (unpaired) electrons. The molecule has 1 aromatic carbocycles. The summed E-state index contributed by atoms with van der Waals surface area (Å²) in [6.45, 7) is 0. The molecule has 0 aliphatic rings. The Labute approximate surface area is 105 Å². The zero-order valence-electron chi connectivity index (χ0n) is 7.26. The molecule has 0 saturated carbocycles. The number of carbonyl (C=O) groups excluding carboxylic acids is 1. The summed E-state index contributed by atoms with van der Waals surface area (Å²) in [6, 6.07) is 5.64. The van der Waals surface area contributed by atoms with Gasteiger partial charge in [0.25, 0.3) is 0 Å². The first-order chi connectivity index (χ1) is 6.65. The zero-order chi connectivity index (χ0) is 10.6. The number of rotatable bonds is 3. The highest BCUT2D eigenvalue weighted by Gasteiger charge is 2.07.